The normalized spacial score (nSPS) is 11.6. The van der Waals surface area contributed by atoms with Gasteiger partial charge in [0.05, 0.1) is 6.61 Å². The van der Waals surface area contributed by atoms with Gasteiger partial charge in [-0.15, -0.1) is 0 Å². The summed E-state index contributed by atoms with van der Waals surface area (Å²) in [6, 6.07) is 1.65. The van der Waals surface area contributed by atoms with Gasteiger partial charge >= 0.3 is 0 Å². The molecular formula is C12H21N5O2. The van der Waals surface area contributed by atoms with E-state index < -0.39 is 0 Å². The van der Waals surface area contributed by atoms with Crippen LogP contribution < -0.4 is 10.6 Å². The Hall–Kier alpha value is -1.89. The lowest BCUT2D eigenvalue weighted by molar-refractivity contribution is 0.301. The van der Waals surface area contributed by atoms with Gasteiger partial charge in [-0.05, 0) is 19.4 Å². The molecule has 0 aliphatic carbocycles. The summed E-state index contributed by atoms with van der Waals surface area (Å²) in [4.78, 5) is 10.5. The van der Waals surface area contributed by atoms with Crippen molar-refractivity contribution in [2.75, 3.05) is 24.6 Å². The summed E-state index contributed by atoms with van der Waals surface area (Å²) in [5, 5.41) is 20.8. The van der Waals surface area contributed by atoms with Gasteiger partial charge in [-0.2, -0.15) is 0 Å². The Bertz CT molecular complexity index is 436. The zero-order valence-corrected chi connectivity index (χ0v) is 11.4. The van der Waals surface area contributed by atoms with Crippen LogP contribution in [0.1, 0.15) is 31.2 Å². The minimum Gasteiger partial charge on any atom is -0.409 e. The number of nitrogens with zero attached hydrogens (tertiary/aromatic N) is 4. The molecule has 0 saturated heterocycles. The molecule has 0 radical (unpaired) electrons. The van der Waals surface area contributed by atoms with Crippen molar-refractivity contribution < 1.29 is 10.3 Å². The second kappa shape index (κ2) is 7.52. The highest BCUT2D eigenvalue weighted by atomic mass is 16.4. The summed E-state index contributed by atoms with van der Waals surface area (Å²) in [5.74, 6) is 0.440. The van der Waals surface area contributed by atoms with Crippen molar-refractivity contribution in [1.82, 2.24) is 9.97 Å². The second-order valence-corrected chi connectivity index (χ2v) is 4.24. The van der Waals surface area contributed by atoms with E-state index in [1.54, 1.807) is 6.07 Å². The molecule has 0 fully saturated rings. The Morgan fingerprint density at radius 2 is 2.16 bits per heavy atom. The molecule has 0 saturated carbocycles. The van der Waals surface area contributed by atoms with E-state index in [1.807, 2.05) is 11.8 Å². The van der Waals surface area contributed by atoms with Crippen LogP contribution in [0, 0.1) is 6.92 Å². The van der Waals surface area contributed by atoms with Crippen molar-refractivity contribution in [1.29, 1.82) is 0 Å². The van der Waals surface area contributed by atoms with Crippen molar-refractivity contribution in [2.24, 2.45) is 10.9 Å². The third kappa shape index (κ3) is 4.36. The van der Waals surface area contributed by atoms with Crippen LogP contribution in [0.15, 0.2) is 11.2 Å². The molecule has 19 heavy (non-hydrogen) atoms. The Kier molecular flexibility index (Phi) is 6.01. The maximum Gasteiger partial charge on any atom is 0.226 e. The van der Waals surface area contributed by atoms with Crippen LogP contribution in [-0.2, 0) is 0 Å². The first-order valence-electron chi connectivity index (χ1n) is 6.31. The summed E-state index contributed by atoms with van der Waals surface area (Å²) < 4.78 is 0. The number of oxime groups is 1. The van der Waals surface area contributed by atoms with E-state index in [0.717, 1.165) is 25.1 Å². The number of amidine groups is 1. The number of hydrogen-bond acceptors (Lipinski definition) is 6. The van der Waals surface area contributed by atoms with E-state index in [1.165, 1.54) is 0 Å². The average molecular weight is 267 g/mol. The van der Waals surface area contributed by atoms with Crippen LogP contribution in [0.5, 0.6) is 0 Å². The van der Waals surface area contributed by atoms with Gasteiger partial charge in [-0.3, -0.25) is 0 Å². The molecule has 0 atom stereocenters. The van der Waals surface area contributed by atoms with Crippen LogP contribution >= 0.6 is 0 Å². The van der Waals surface area contributed by atoms with Crippen molar-refractivity contribution in [3.8, 4) is 0 Å². The minimum atomic E-state index is -0.0498. The third-order valence-corrected chi connectivity index (χ3v) is 2.65. The number of aryl methyl sites for hydroxylation is 1. The molecule has 1 aromatic rings. The largest absolute Gasteiger partial charge is 0.409 e. The van der Waals surface area contributed by atoms with Gasteiger partial charge in [0.2, 0.25) is 5.95 Å². The van der Waals surface area contributed by atoms with Crippen LogP contribution in [0.25, 0.3) is 0 Å². The number of hydrogen-bond donors (Lipinski definition) is 3. The predicted octanol–water partition coefficient (Wildman–Crippen LogP) is 0.478. The van der Waals surface area contributed by atoms with Crippen LogP contribution in [0.2, 0.25) is 0 Å². The van der Waals surface area contributed by atoms with Gasteiger partial charge < -0.3 is 20.9 Å². The zero-order chi connectivity index (χ0) is 14.3. The average Bonchev–Trinajstić information content (AvgIpc) is 2.41. The first-order chi connectivity index (χ1) is 9.12. The Morgan fingerprint density at radius 1 is 1.42 bits per heavy atom. The number of aliphatic hydroxyl groups is 1. The Balaban J connectivity index is 3.04. The second-order valence-electron chi connectivity index (χ2n) is 4.24. The summed E-state index contributed by atoms with van der Waals surface area (Å²) in [5.41, 5.74) is 6.66. The molecule has 1 heterocycles. The van der Waals surface area contributed by atoms with Gasteiger partial charge in [0.1, 0.15) is 5.69 Å². The van der Waals surface area contributed by atoms with Gasteiger partial charge in [0.25, 0.3) is 0 Å². The molecule has 0 unspecified atom stereocenters. The molecular weight excluding hydrogens is 246 g/mol. The van der Waals surface area contributed by atoms with Crippen molar-refractivity contribution in [3.05, 3.63) is 17.5 Å². The molecule has 1 rings (SSSR count). The standard InChI is InChI=1S/C12H21N5O2/c1-3-4-5-17(6-7-18)12-14-9(2)8-10(15-12)11(13)16-19/h8,18-19H,3-7H2,1-2H3,(H2,13,16). The molecule has 0 aromatic carbocycles. The quantitative estimate of drug-likeness (QED) is 0.287. The summed E-state index contributed by atoms with van der Waals surface area (Å²) in [7, 11) is 0. The first kappa shape index (κ1) is 15.2. The Labute approximate surface area is 112 Å². The van der Waals surface area contributed by atoms with Crippen LogP contribution in [-0.4, -0.2) is 45.8 Å². The van der Waals surface area contributed by atoms with Gasteiger partial charge in [-0.1, -0.05) is 18.5 Å². The van der Waals surface area contributed by atoms with Gasteiger partial charge in [-0.25, -0.2) is 9.97 Å². The van der Waals surface area contributed by atoms with E-state index in [0.29, 0.717) is 18.2 Å². The summed E-state index contributed by atoms with van der Waals surface area (Å²) >= 11 is 0. The molecule has 0 amide bonds. The van der Waals surface area contributed by atoms with Gasteiger partial charge in [0, 0.05) is 18.8 Å². The fraction of sp³-hybridized carbons (Fsp3) is 0.583. The van der Waals surface area contributed by atoms with Crippen LogP contribution in [0.4, 0.5) is 5.95 Å². The maximum atomic E-state index is 9.11. The molecule has 106 valence electrons. The number of aliphatic hydroxyl groups excluding tert-OH is 1. The summed E-state index contributed by atoms with van der Waals surface area (Å²) in [6.07, 6.45) is 2.02. The molecule has 0 bridgehead atoms. The van der Waals surface area contributed by atoms with E-state index >= 15 is 0 Å². The molecule has 7 heteroatoms. The maximum absolute atomic E-state index is 9.11. The molecule has 0 spiro atoms. The first-order valence-corrected chi connectivity index (χ1v) is 6.31. The minimum absolute atomic E-state index is 0.0277. The van der Waals surface area contributed by atoms with Crippen LogP contribution in [0.3, 0.4) is 0 Å². The van der Waals surface area contributed by atoms with Crippen molar-refractivity contribution >= 4 is 11.8 Å². The summed E-state index contributed by atoms with van der Waals surface area (Å²) in [6.45, 7) is 5.15. The third-order valence-electron chi connectivity index (χ3n) is 2.65. The molecule has 0 aliphatic rings. The fourth-order valence-corrected chi connectivity index (χ4v) is 1.66. The lowest BCUT2D eigenvalue weighted by Crippen LogP contribution is -2.30. The topological polar surface area (TPSA) is 108 Å². The van der Waals surface area contributed by atoms with E-state index in [4.69, 9.17) is 16.0 Å². The monoisotopic (exact) mass is 267 g/mol. The smallest absolute Gasteiger partial charge is 0.226 e. The number of anilines is 1. The number of aromatic nitrogens is 2. The highest BCUT2D eigenvalue weighted by molar-refractivity contribution is 5.95. The number of unbranched alkanes of at least 4 members (excludes halogenated alkanes) is 1. The van der Waals surface area contributed by atoms with Crippen molar-refractivity contribution in [2.45, 2.75) is 26.7 Å². The SMILES string of the molecule is CCCCN(CCO)c1nc(C)cc(/C(N)=N/O)n1. The van der Waals surface area contributed by atoms with E-state index in [9.17, 15) is 0 Å². The number of rotatable bonds is 7. The zero-order valence-electron chi connectivity index (χ0n) is 11.4. The van der Waals surface area contributed by atoms with E-state index in [2.05, 4.69) is 22.0 Å². The van der Waals surface area contributed by atoms with Crippen molar-refractivity contribution in [3.63, 3.8) is 0 Å². The predicted molar refractivity (Wildman–Crippen MR) is 73.5 cm³/mol. The van der Waals surface area contributed by atoms with Gasteiger partial charge in [0.15, 0.2) is 5.84 Å². The molecule has 4 N–H and O–H groups in total. The highest BCUT2D eigenvalue weighted by Crippen LogP contribution is 2.11. The molecule has 0 aliphatic heterocycles. The van der Waals surface area contributed by atoms with E-state index in [-0.39, 0.29) is 12.4 Å². The highest BCUT2D eigenvalue weighted by Gasteiger charge is 2.12. The molecule has 1 aromatic heterocycles. The fourth-order valence-electron chi connectivity index (χ4n) is 1.66. The lowest BCUT2D eigenvalue weighted by Gasteiger charge is -2.22. The Morgan fingerprint density at radius 3 is 2.74 bits per heavy atom. The molecule has 7 nitrogen and oxygen atoms in total. The number of nitrogens with two attached hydrogens (primary N) is 1. The lowest BCUT2D eigenvalue weighted by atomic mass is 10.3.